The van der Waals surface area contributed by atoms with Crippen molar-refractivity contribution in [2.45, 2.75) is 90.4 Å². The molecule has 0 radical (unpaired) electrons. The number of rotatable bonds is 7. The van der Waals surface area contributed by atoms with Crippen molar-refractivity contribution in [1.29, 1.82) is 0 Å². The van der Waals surface area contributed by atoms with Gasteiger partial charge in [0.2, 0.25) is 5.95 Å². The number of hydrogen-bond acceptors (Lipinski definition) is 1. The average Bonchev–Trinajstić information content (AvgIpc) is 2.68. The number of pyridine rings is 1. The molecule has 146 valence electrons. The second-order valence-electron chi connectivity index (χ2n) is 8.86. The first-order chi connectivity index (χ1) is 12.7. The van der Waals surface area contributed by atoms with Gasteiger partial charge in [-0.15, -0.1) is 0 Å². The molecule has 0 bridgehead atoms. The van der Waals surface area contributed by atoms with Gasteiger partial charge in [0.25, 0.3) is 0 Å². The first-order valence-corrected chi connectivity index (χ1v) is 11.0. The van der Waals surface area contributed by atoms with E-state index < -0.39 is 11.8 Å². The summed E-state index contributed by atoms with van der Waals surface area (Å²) in [6, 6.07) is 1.31. The smallest absolute Gasteiger partial charge is 0.225 e. The van der Waals surface area contributed by atoms with Crippen molar-refractivity contribution in [3.8, 4) is 0 Å². The Hall–Kier alpha value is -0.990. The van der Waals surface area contributed by atoms with Gasteiger partial charge in [0.05, 0.1) is 0 Å². The third-order valence-electron chi connectivity index (χ3n) is 7.11. The Bertz CT molecular complexity index is 543. The summed E-state index contributed by atoms with van der Waals surface area (Å²) in [6.45, 7) is 2.30. The standard InChI is InChI=1S/C23H35F2N/c1-2-3-4-17-7-11-20(12-8-17)21-13-9-18(10-14-21)5-6-19-15-22(24)23(25)26-16-19/h15-18,20-21H,2-14H2,1H3. The van der Waals surface area contributed by atoms with Gasteiger partial charge in [-0.25, -0.2) is 9.37 Å². The second kappa shape index (κ2) is 9.80. The minimum atomic E-state index is -0.987. The van der Waals surface area contributed by atoms with E-state index in [0.29, 0.717) is 0 Å². The summed E-state index contributed by atoms with van der Waals surface area (Å²) in [5.74, 6) is 1.87. The van der Waals surface area contributed by atoms with E-state index in [4.69, 9.17) is 0 Å². The van der Waals surface area contributed by atoms with E-state index in [2.05, 4.69) is 11.9 Å². The summed E-state index contributed by atoms with van der Waals surface area (Å²) in [5.41, 5.74) is 0.830. The molecule has 2 saturated carbocycles. The molecule has 0 N–H and O–H groups in total. The van der Waals surface area contributed by atoms with Crippen molar-refractivity contribution in [2.24, 2.45) is 23.7 Å². The highest BCUT2D eigenvalue weighted by Gasteiger charge is 2.30. The van der Waals surface area contributed by atoms with E-state index in [9.17, 15) is 8.78 Å². The lowest BCUT2D eigenvalue weighted by molar-refractivity contribution is 0.140. The van der Waals surface area contributed by atoms with E-state index >= 15 is 0 Å². The first kappa shape index (κ1) is 19.8. The number of aromatic nitrogens is 1. The molecule has 0 spiro atoms. The van der Waals surface area contributed by atoms with Crippen molar-refractivity contribution in [1.82, 2.24) is 4.98 Å². The quantitative estimate of drug-likeness (QED) is 0.471. The molecule has 1 aromatic rings. The Kier molecular flexibility index (Phi) is 7.45. The van der Waals surface area contributed by atoms with Crippen LogP contribution in [0.3, 0.4) is 0 Å². The molecule has 3 rings (SSSR count). The summed E-state index contributed by atoms with van der Waals surface area (Å²) in [7, 11) is 0. The van der Waals surface area contributed by atoms with Crippen LogP contribution in [0.1, 0.15) is 89.5 Å². The van der Waals surface area contributed by atoms with Gasteiger partial charge < -0.3 is 0 Å². The van der Waals surface area contributed by atoms with Crippen LogP contribution in [0.2, 0.25) is 0 Å². The Labute approximate surface area is 158 Å². The summed E-state index contributed by atoms with van der Waals surface area (Å²) in [5, 5.41) is 0. The zero-order valence-electron chi connectivity index (χ0n) is 16.4. The second-order valence-corrected chi connectivity index (χ2v) is 8.86. The average molecular weight is 364 g/mol. The maximum absolute atomic E-state index is 13.3. The molecule has 1 aromatic heterocycles. The summed E-state index contributed by atoms with van der Waals surface area (Å²) in [6.07, 6.45) is 18.8. The van der Waals surface area contributed by atoms with E-state index in [0.717, 1.165) is 42.1 Å². The fourth-order valence-electron chi connectivity index (χ4n) is 5.36. The van der Waals surface area contributed by atoms with Crippen molar-refractivity contribution in [2.75, 3.05) is 0 Å². The molecule has 2 aliphatic carbocycles. The van der Waals surface area contributed by atoms with Gasteiger partial charge in [0.15, 0.2) is 5.82 Å². The SMILES string of the molecule is CCCCC1CCC(C2CCC(CCc3cnc(F)c(F)c3)CC2)CC1. The highest BCUT2D eigenvalue weighted by atomic mass is 19.2. The zero-order valence-corrected chi connectivity index (χ0v) is 16.4. The van der Waals surface area contributed by atoms with Crippen LogP contribution in [0, 0.1) is 35.4 Å². The minimum Gasteiger partial charge on any atom is -0.225 e. The van der Waals surface area contributed by atoms with Gasteiger partial charge in [-0.3, -0.25) is 0 Å². The van der Waals surface area contributed by atoms with Crippen molar-refractivity contribution < 1.29 is 8.78 Å². The number of aryl methyl sites for hydroxylation is 1. The summed E-state index contributed by atoms with van der Waals surface area (Å²) in [4.78, 5) is 3.50. The lowest BCUT2D eigenvalue weighted by Crippen LogP contribution is -2.26. The maximum atomic E-state index is 13.3. The monoisotopic (exact) mass is 363 g/mol. The molecule has 3 heteroatoms. The number of hydrogen-bond donors (Lipinski definition) is 0. The highest BCUT2D eigenvalue weighted by molar-refractivity contribution is 5.11. The highest BCUT2D eigenvalue weighted by Crippen LogP contribution is 2.43. The normalized spacial score (nSPS) is 29.7. The molecule has 1 heterocycles. The summed E-state index contributed by atoms with van der Waals surface area (Å²) < 4.78 is 26.2. The maximum Gasteiger partial charge on any atom is 0.248 e. The molecule has 1 nitrogen and oxygen atoms in total. The Morgan fingerprint density at radius 3 is 2.00 bits per heavy atom. The van der Waals surface area contributed by atoms with Crippen molar-refractivity contribution >= 4 is 0 Å². The molecule has 0 aliphatic heterocycles. The van der Waals surface area contributed by atoms with Crippen LogP contribution in [0.25, 0.3) is 0 Å². The van der Waals surface area contributed by atoms with Gasteiger partial charge in [0.1, 0.15) is 0 Å². The first-order valence-electron chi connectivity index (χ1n) is 11.0. The lowest BCUT2D eigenvalue weighted by atomic mass is 9.68. The number of halogens is 2. The molecule has 0 unspecified atom stereocenters. The Morgan fingerprint density at radius 2 is 1.46 bits per heavy atom. The van der Waals surface area contributed by atoms with Gasteiger partial charge in [-0.05, 0) is 73.8 Å². The molecule has 0 saturated heterocycles. The molecular weight excluding hydrogens is 328 g/mol. The molecular formula is C23H35F2N. The van der Waals surface area contributed by atoms with Gasteiger partial charge in [0, 0.05) is 6.20 Å². The predicted octanol–water partition coefficient (Wildman–Crippen LogP) is 7.10. The fraction of sp³-hybridized carbons (Fsp3) is 0.783. The largest absolute Gasteiger partial charge is 0.248 e. The van der Waals surface area contributed by atoms with Crippen LogP contribution in [0.4, 0.5) is 8.78 Å². The number of nitrogens with zero attached hydrogens (tertiary/aromatic N) is 1. The van der Waals surface area contributed by atoms with Crippen LogP contribution in [-0.2, 0) is 6.42 Å². The molecule has 2 fully saturated rings. The van der Waals surface area contributed by atoms with Gasteiger partial charge in [-0.1, -0.05) is 51.9 Å². The topological polar surface area (TPSA) is 12.9 Å². The third-order valence-corrected chi connectivity index (χ3v) is 7.11. The van der Waals surface area contributed by atoms with Crippen molar-refractivity contribution in [3.05, 3.63) is 29.6 Å². The van der Waals surface area contributed by atoms with Crippen LogP contribution >= 0.6 is 0 Å². The van der Waals surface area contributed by atoms with Crippen LogP contribution in [0.15, 0.2) is 12.3 Å². The van der Waals surface area contributed by atoms with Crippen molar-refractivity contribution in [3.63, 3.8) is 0 Å². The minimum absolute atomic E-state index is 0.750. The predicted molar refractivity (Wildman–Crippen MR) is 103 cm³/mol. The number of unbranched alkanes of at least 4 members (excludes halogenated alkanes) is 1. The third kappa shape index (κ3) is 5.50. The van der Waals surface area contributed by atoms with Crippen LogP contribution in [0.5, 0.6) is 0 Å². The molecule has 26 heavy (non-hydrogen) atoms. The van der Waals surface area contributed by atoms with E-state index in [-0.39, 0.29) is 0 Å². The fourth-order valence-corrected chi connectivity index (χ4v) is 5.36. The van der Waals surface area contributed by atoms with E-state index in [1.54, 1.807) is 0 Å². The lowest BCUT2D eigenvalue weighted by Gasteiger charge is -2.38. The molecule has 0 amide bonds. The molecule has 0 aromatic carbocycles. The van der Waals surface area contributed by atoms with Crippen LogP contribution < -0.4 is 0 Å². The molecule has 0 atom stereocenters. The Balaban J connectivity index is 1.36. The van der Waals surface area contributed by atoms with E-state index in [1.165, 1.54) is 82.9 Å². The zero-order chi connectivity index (χ0) is 18.4. The molecule has 2 aliphatic rings. The van der Waals surface area contributed by atoms with E-state index in [1.807, 2.05) is 0 Å². The summed E-state index contributed by atoms with van der Waals surface area (Å²) >= 11 is 0. The van der Waals surface area contributed by atoms with Gasteiger partial charge >= 0.3 is 0 Å². The van der Waals surface area contributed by atoms with Crippen LogP contribution in [-0.4, -0.2) is 4.98 Å². The van der Waals surface area contributed by atoms with Gasteiger partial charge in [-0.2, -0.15) is 4.39 Å². The Morgan fingerprint density at radius 1 is 0.885 bits per heavy atom.